The maximum absolute atomic E-state index is 11.7. The molecule has 1 unspecified atom stereocenters. The Labute approximate surface area is 90.5 Å². The number of ketones is 1. The van der Waals surface area contributed by atoms with Gasteiger partial charge in [0.2, 0.25) is 0 Å². The standard InChI is InChI=1S/C11H19N3O/c1-3-14-8-7-13-11(14)10(15)6-4-5-9(2)12/h7-9H,3-6,12H2,1-2H3. The SMILES string of the molecule is CCn1ccnc1C(=O)CCCC(C)N. The quantitative estimate of drug-likeness (QED) is 0.724. The summed E-state index contributed by atoms with van der Waals surface area (Å²) >= 11 is 0. The Morgan fingerprint density at radius 3 is 3.00 bits per heavy atom. The van der Waals surface area contributed by atoms with Gasteiger partial charge in [0, 0.05) is 31.4 Å². The molecule has 15 heavy (non-hydrogen) atoms. The Hall–Kier alpha value is -1.16. The number of nitrogens with two attached hydrogens (primary N) is 1. The van der Waals surface area contributed by atoms with Crippen molar-refractivity contribution < 1.29 is 4.79 Å². The molecule has 1 aromatic rings. The van der Waals surface area contributed by atoms with Gasteiger partial charge in [0.15, 0.2) is 11.6 Å². The average Bonchev–Trinajstić information content (AvgIpc) is 2.64. The van der Waals surface area contributed by atoms with Gasteiger partial charge in [-0.3, -0.25) is 4.79 Å². The van der Waals surface area contributed by atoms with Crippen molar-refractivity contribution in [2.24, 2.45) is 5.73 Å². The van der Waals surface area contributed by atoms with Crippen molar-refractivity contribution in [3.63, 3.8) is 0 Å². The third kappa shape index (κ3) is 3.47. The number of rotatable bonds is 6. The number of imidazole rings is 1. The van der Waals surface area contributed by atoms with E-state index in [-0.39, 0.29) is 11.8 Å². The van der Waals surface area contributed by atoms with Gasteiger partial charge in [-0.05, 0) is 26.7 Å². The van der Waals surface area contributed by atoms with Gasteiger partial charge in [0.05, 0.1) is 0 Å². The summed E-state index contributed by atoms with van der Waals surface area (Å²) < 4.78 is 1.87. The lowest BCUT2D eigenvalue weighted by atomic mass is 10.1. The third-order valence-corrected chi connectivity index (χ3v) is 2.37. The van der Waals surface area contributed by atoms with E-state index in [4.69, 9.17) is 5.73 Å². The largest absolute Gasteiger partial charge is 0.329 e. The van der Waals surface area contributed by atoms with E-state index in [0.29, 0.717) is 12.2 Å². The fourth-order valence-corrected chi connectivity index (χ4v) is 1.51. The molecule has 0 aliphatic rings. The van der Waals surface area contributed by atoms with Crippen LogP contribution in [0.4, 0.5) is 0 Å². The third-order valence-electron chi connectivity index (χ3n) is 2.37. The molecule has 0 aromatic carbocycles. The van der Waals surface area contributed by atoms with Gasteiger partial charge in [-0.2, -0.15) is 0 Å². The first-order chi connectivity index (χ1) is 7.15. The van der Waals surface area contributed by atoms with Crippen molar-refractivity contribution in [2.75, 3.05) is 0 Å². The molecular weight excluding hydrogens is 190 g/mol. The van der Waals surface area contributed by atoms with Crippen molar-refractivity contribution in [1.82, 2.24) is 9.55 Å². The van der Waals surface area contributed by atoms with E-state index < -0.39 is 0 Å². The molecule has 0 saturated heterocycles. The van der Waals surface area contributed by atoms with Crippen LogP contribution in [0.3, 0.4) is 0 Å². The topological polar surface area (TPSA) is 60.9 Å². The molecule has 0 aliphatic carbocycles. The summed E-state index contributed by atoms with van der Waals surface area (Å²) in [5, 5.41) is 0. The molecule has 0 fully saturated rings. The molecule has 0 spiro atoms. The van der Waals surface area contributed by atoms with Crippen LogP contribution in [0.15, 0.2) is 12.4 Å². The first-order valence-corrected chi connectivity index (χ1v) is 5.45. The van der Waals surface area contributed by atoms with Crippen LogP contribution in [0.5, 0.6) is 0 Å². The van der Waals surface area contributed by atoms with Crippen LogP contribution in [0, 0.1) is 0 Å². The van der Waals surface area contributed by atoms with Crippen LogP contribution in [0.2, 0.25) is 0 Å². The van der Waals surface area contributed by atoms with Gasteiger partial charge in [-0.25, -0.2) is 4.98 Å². The molecule has 4 heteroatoms. The summed E-state index contributed by atoms with van der Waals surface area (Å²) in [6.07, 6.45) is 5.77. The van der Waals surface area contributed by atoms with E-state index in [9.17, 15) is 4.79 Å². The van der Waals surface area contributed by atoms with Crippen LogP contribution < -0.4 is 5.73 Å². The Kier molecular flexibility index (Phi) is 4.49. The fourth-order valence-electron chi connectivity index (χ4n) is 1.51. The zero-order valence-electron chi connectivity index (χ0n) is 9.44. The number of hydrogen-bond acceptors (Lipinski definition) is 3. The van der Waals surface area contributed by atoms with Crippen molar-refractivity contribution in [1.29, 1.82) is 0 Å². The molecule has 0 amide bonds. The highest BCUT2D eigenvalue weighted by molar-refractivity contribution is 5.92. The first kappa shape index (κ1) is 11.9. The smallest absolute Gasteiger partial charge is 0.198 e. The number of aromatic nitrogens is 2. The van der Waals surface area contributed by atoms with E-state index in [0.717, 1.165) is 19.4 Å². The van der Waals surface area contributed by atoms with Gasteiger partial charge in [0.25, 0.3) is 0 Å². The lowest BCUT2D eigenvalue weighted by Crippen LogP contribution is -2.15. The molecule has 2 N–H and O–H groups in total. The molecule has 1 atom stereocenters. The van der Waals surface area contributed by atoms with Crippen LogP contribution in [0.1, 0.15) is 43.7 Å². The first-order valence-electron chi connectivity index (χ1n) is 5.45. The van der Waals surface area contributed by atoms with Crippen LogP contribution in [0.25, 0.3) is 0 Å². The summed E-state index contributed by atoms with van der Waals surface area (Å²) in [7, 11) is 0. The average molecular weight is 209 g/mol. The van der Waals surface area contributed by atoms with Crippen LogP contribution >= 0.6 is 0 Å². The zero-order valence-corrected chi connectivity index (χ0v) is 9.44. The van der Waals surface area contributed by atoms with Gasteiger partial charge in [-0.1, -0.05) is 0 Å². The Morgan fingerprint density at radius 1 is 1.67 bits per heavy atom. The fraction of sp³-hybridized carbons (Fsp3) is 0.636. The second-order valence-electron chi connectivity index (χ2n) is 3.83. The van der Waals surface area contributed by atoms with E-state index in [1.54, 1.807) is 6.20 Å². The minimum Gasteiger partial charge on any atom is -0.329 e. The molecule has 4 nitrogen and oxygen atoms in total. The lowest BCUT2D eigenvalue weighted by molar-refractivity contribution is 0.0965. The second-order valence-corrected chi connectivity index (χ2v) is 3.83. The lowest BCUT2D eigenvalue weighted by Gasteiger charge is -2.05. The van der Waals surface area contributed by atoms with E-state index in [2.05, 4.69) is 4.98 Å². The Morgan fingerprint density at radius 2 is 2.40 bits per heavy atom. The van der Waals surface area contributed by atoms with Crippen molar-refractivity contribution in [3.05, 3.63) is 18.2 Å². The molecule has 0 aliphatic heterocycles. The normalized spacial score (nSPS) is 12.7. The molecule has 1 rings (SSSR count). The van der Waals surface area contributed by atoms with Gasteiger partial charge >= 0.3 is 0 Å². The zero-order chi connectivity index (χ0) is 11.3. The predicted molar refractivity (Wildman–Crippen MR) is 59.7 cm³/mol. The number of aryl methyl sites for hydroxylation is 1. The molecule has 1 aromatic heterocycles. The van der Waals surface area contributed by atoms with Gasteiger partial charge in [-0.15, -0.1) is 0 Å². The highest BCUT2D eigenvalue weighted by Gasteiger charge is 2.11. The minimum absolute atomic E-state index is 0.113. The number of nitrogens with zero attached hydrogens (tertiary/aromatic N) is 2. The molecule has 0 saturated carbocycles. The number of carbonyl (C=O) groups is 1. The summed E-state index contributed by atoms with van der Waals surface area (Å²) in [4.78, 5) is 15.8. The summed E-state index contributed by atoms with van der Waals surface area (Å²) in [5.74, 6) is 0.685. The van der Waals surface area contributed by atoms with Gasteiger partial charge in [0.1, 0.15) is 0 Å². The monoisotopic (exact) mass is 209 g/mol. The number of carbonyl (C=O) groups excluding carboxylic acids is 1. The molecule has 0 bridgehead atoms. The van der Waals surface area contributed by atoms with Crippen LogP contribution in [-0.2, 0) is 6.54 Å². The van der Waals surface area contributed by atoms with E-state index in [1.807, 2.05) is 24.6 Å². The van der Waals surface area contributed by atoms with Crippen molar-refractivity contribution >= 4 is 5.78 Å². The van der Waals surface area contributed by atoms with Crippen LogP contribution in [-0.4, -0.2) is 21.4 Å². The van der Waals surface area contributed by atoms with E-state index >= 15 is 0 Å². The molecular formula is C11H19N3O. The summed E-state index contributed by atoms with van der Waals surface area (Å²) in [5.41, 5.74) is 5.62. The van der Waals surface area contributed by atoms with Crippen molar-refractivity contribution in [3.8, 4) is 0 Å². The van der Waals surface area contributed by atoms with Gasteiger partial charge < -0.3 is 10.3 Å². The highest BCUT2D eigenvalue weighted by Crippen LogP contribution is 2.06. The maximum Gasteiger partial charge on any atom is 0.198 e. The Balaban J connectivity index is 2.47. The number of hydrogen-bond donors (Lipinski definition) is 1. The molecule has 84 valence electrons. The Bertz CT molecular complexity index is 317. The second kappa shape index (κ2) is 5.66. The minimum atomic E-state index is 0.113. The molecule has 0 radical (unpaired) electrons. The van der Waals surface area contributed by atoms with E-state index in [1.165, 1.54) is 0 Å². The summed E-state index contributed by atoms with van der Waals surface area (Å²) in [6.45, 7) is 4.74. The van der Waals surface area contributed by atoms with Crippen molar-refractivity contribution in [2.45, 2.75) is 45.7 Å². The highest BCUT2D eigenvalue weighted by atomic mass is 16.1. The maximum atomic E-state index is 11.7. The predicted octanol–water partition coefficient (Wildman–Crippen LogP) is 1.60. The number of Topliss-reactive ketones (excluding diaryl/α,β-unsaturated/α-hetero) is 1. The summed E-state index contributed by atoms with van der Waals surface area (Å²) in [6, 6.07) is 0.170. The molecule has 1 heterocycles.